The Morgan fingerprint density at radius 2 is 1.94 bits per heavy atom. The van der Waals surface area contributed by atoms with Crippen LogP contribution in [-0.4, -0.2) is 15.0 Å². The maximum absolute atomic E-state index is 4.24. The molecule has 0 amide bonds. The number of rotatable bonds is 10. The van der Waals surface area contributed by atoms with E-state index < -0.39 is 0 Å². The first-order chi connectivity index (χ1) is 8.72. The SMILES string of the molecule is CCCCCn1cc(CCCCCC(C)C)nn1. The summed E-state index contributed by atoms with van der Waals surface area (Å²) in [5.74, 6) is 0.837. The summed E-state index contributed by atoms with van der Waals surface area (Å²) >= 11 is 0. The Morgan fingerprint density at radius 1 is 1.11 bits per heavy atom. The molecule has 1 heterocycles. The molecule has 1 aromatic rings. The molecule has 0 saturated carbocycles. The van der Waals surface area contributed by atoms with Crippen LogP contribution in [0.15, 0.2) is 6.20 Å². The molecule has 1 aromatic heterocycles. The van der Waals surface area contributed by atoms with Crippen LogP contribution in [-0.2, 0) is 13.0 Å². The Bertz CT molecular complexity index is 304. The first-order valence-corrected chi connectivity index (χ1v) is 7.61. The molecule has 0 aliphatic rings. The summed E-state index contributed by atoms with van der Waals surface area (Å²) < 4.78 is 2.00. The quantitative estimate of drug-likeness (QED) is 0.583. The van der Waals surface area contributed by atoms with Crippen LogP contribution in [0, 0.1) is 5.92 Å². The van der Waals surface area contributed by atoms with Crippen LogP contribution in [0.2, 0.25) is 0 Å². The van der Waals surface area contributed by atoms with Crippen molar-refractivity contribution < 1.29 is 0 Å². The maximum atomic E-state index is 4.24. The van der Waals surface area contributed by atoms with E-state index in [-0.39, 0.29) is 0 Å². The van der Waals surface area contributed by atoms with E-state index in [2.05, 4.69) is 37.3 Å². The van der Waals surface area contributed by atoms with Crippen LogP contribution >= 0.6 is 0 Å². The molecule has 18 heavy (non-hydrogen) atoms. The van der Waals surface area contributed by atoms with Gasteiger partial charge >= 0.3 is 0 Å². The van der Waals surface area contributed by atoms with Gasteiger partial charge in [-0.2, -0.15) is 0 Å². The molecule has 3 nitrogen and oxygen atoms in total. The van der Waals surface area contributed by atoms with Crippen LogP contribution < -0.4 is 0 Å². The van der Waals surface area contributed by atoms with Gasteiger partial charge in [0.15, 0.2) is 0 Å². The van der Waals surface area contributed by atoms with Crippen molar-refractivity contribution in [3.05, 3.63) is 11.9 Å². The summed E-state index contributed by atoms with van der Waals surface area (Å²) in [6, 6.07) is 0. The van der Waals surface area contributed by atoms with Crippen molar-refractivity contribution in [2.24, 2.45) is 5.92 Å². The summed E-state index contributed by atoms with van der Waals surface area (Å²) in [6.07, 6.45) is 12.2. The Balaban J connectivity index is 2.11. The molecule has 0 aliphatic carbocycles. The predicted molar refractivity (Wildman–Crippen MR) is 76.6 cm³/mol. The first-order valence-electron chi connectivity index (χ1n) is 7.61. The molecular formula is C15H29N3. The largest absolute Gasteiger partial charge is 0.252 e. The standard InChI is InChI=1S/C15H29N3/c1-4-5-9-12-18-13-15(16-17-18)11-8-6-7-10-14(2)3/h13-14H,4-12H2,1-3H3. The molecule has 0 unspecified atom stereocenters. The summed E-state index contributed by atoms with van der Waals surface area (Å²) in [5, 5.41) is 8.42. The summed E-state index contributed by atoms with van der Waals surface area (Å²) in [5.41, 5.74) is 1.16. The van der Waals surface area contributed by atoms with E-state index in [9.17, 15) is 0 Å². The minimum Gasteiger partial charge on any atom is -0.252 e. The van der Waals surface area contributed by atoms with Crippen LogP contribution in [0.3, 0.4) is 0 Å². The highest BCUT2D eigenvalue weighted by atomic mass is 15.4. The zero-order valence-electron chi connectivity index (χ0n) is 12.4. The second kappa shape index (κ2) is 9.12. The lowest BCUT2D eigenvalue weighted by molar-refractivity contribution is 0.526. The third-order valence-electron chi connectivity index (χ3n) is 3.29. The Kier molecular flexibility index (Phi) is 7.70. The zero-order chi connectivity index (χ0) is 13.2. The Morgan fingerprint density at radius 3 is 2.67 bits per heavy atom. The van der Waals surface area contributed by atoms with Crippen molar-refractivity contribution in [2.75, 3.05) is 0 Å². The van der Waals surface area contributed by atoms with Gasteiger partial charge in [-0.15, -0.1) is 5.10 Å². The highest BCUT2D eigenvalue weighted by Gasteiger charge is 2.01. The number of nitrogens with zero attached hydrogens (tertiary/aromatic N) is 3. The third-order valence-corrected chi connectivity index (χ3v) is 3.29. The van der Waals surface area contributed by atoms with Crippen molar-refractivity contribution in [1.29, 1.82) is 0 Å². The van der Waals surface area contributed by atoms with Crippen LogP contribution in [0.25, 0.3) is 0 Å². The molecule has 0 aliphatic heterocycles. The third kappa shape index (κ3) is 6.77. The Hall–Kier alpha value is -0.860. The molecule has 0 aromatic carbocycles. The molecule has 0 radical (unpaired) electrons. The van der Waals surface area contributed by atoms with E-state index in [4.69, 9.17) is 0 Å². The maximum Gasteiger partial charge on any atom is 0.0827 e. The average Bonchev–Trinajstić information content (AvgIpc) is 2.77. The lowest BCUT2D eigenvalue weighted by Crippen LogP contribution is -1.98. The topological polar surface area (TPSA) is 30.7 Å². The van der Waals surface area contributed by atoms with Crippen LogP contribution in [0.4, 0.5) is 0 Å². The smallest absolute Gasteiger partial charge is 0.0827 e. The summed E-state index contributed by atoms with van der Waals surface area (Å²) in [7, 11) is 0. The number of aryl methyl sites for hydroxylation is 2. The van der Waals surface area contributed by atoms with E-state index in [1.54, 1.807) is 0 Å². The van der Waals surface area contributed by atoms with Gasteiger partial charge < -0.3 is 0 Å². The number of aromatic nitrogens is 3. The molecule has 104 valence electrons. The van der Waals surface area contributed by atoms with Gasteiger partial charge in [0.25, 0.3) is 0 Å². The molecule has 0 N–H and O–H groups in total. The molecule has 1 rings (SSSR count). The lowest BCUT2D eigenvalue weighted by atomic mass is 10.0. The fourth-order valence-corrected chi connectivity index (χ4v) is 2.12. The Labute approximate surface area is 112 Å². The molecular weight excluding hydrogens is 222 g/mol. The molecule has 0 atom stereocenters. The molecule has 0 fully saturated rings. The van der Waals surface area contributed by atoms with Crippen molar-refractivity contribution in [3.63, 3.8) is 0 Å². The van der Waals surface area contributed by atoms with Gasteiger partial charge in [0.1, 0.15) is 0 Å². The monoisotopic (exact) mass is 251 g/mol. The molecule has 0 saturated heterocycles. The molecule has 0 bridgehead atoms. The predicted octanol–water partition coefficient (Wildman–Crippen LogP) is 4.23. The number of unbranched alkanes of at least 4 members (excludes halogenated alkanes) is 4. The first kappa shape index (κ1) is 15.2. The summed E-state index contributed by atoms with van der Waals surface area (Å²) in [4.78, 5) is 0. The van der Waals surface area contributed by atoms with Gasteiger partial charge in [-0.25, -0.2) is 0 Å². The second-order valence-corrected chi connectivity index (χ2v) is 5.67. The highest BCUT2D eigenvalue weighted by Crippen LogP contribution is 2.10. The number of hydrogen-bond acceptors (Lipinski definition) is 2. The van der Waals surface area contributed by atoms with E-state index in [1.165, 1.54) is 44.9 Å². The van der Waals surface area contributed by atoms with Gasteiger partial charge in [0.2, 0.25) is 0 Å². The highest BCUT2D eigenvalue weighted by molar-refractivity contribution is 4.92. The minimum absolute atomic E-state index is 0.837. The fourth-order valence-electron chi connectivity index (χ4n) is 2.12. The van der Waals surface area contributed by atoms with Gasteiger partial charge in [-0.1, -0.05) is 58.1 Å². The van der Waals surface area contributed by atoms with Crippen molar-refractivity contribution >= 4 is 0 Å². The average molecular weight is 251 g/mol. The van der Waals surface area contributed by atoms with Crippen molar-refractivity contribution in [2.45, 2.75) is 78.7 Å². The van der Waals surface area contributed by atoms with Crippen LogP contribution in [0.1, 0.15) is 71.4 Å². The zero-order valence-corrected chi connectivity index (χ0v) is 12.4. The van der Waals surface area contributed by atoms with Gasteiger partial charge in [-0.05, 0) is 25.2 Å². The van der Waals surface area contributed by atoms with E-state index >= 15 is 0 Å². The van der Waals surface area contributed by atoms with Crippen molar-refractivity contribution in [1.82, 2.24) is 15.0 Å². The normalized spacial score (nSPS) is 11.3. The van der Waals surface area contributed by atoms with Crippen LogP contribution in [0.5, 0.6) is 0 Å². The number of hydrogen-bond donors (Lipinski definition) is 0. The second-order valence-electron chi connectivity index (χ2n) is 5.67. The summed E-state index contributed by atoms with van der Waals surface area (Å²) in [6.45, 7) is 7.84. The van der Waals surface area contributed by atoms with Gasteiger partial charge in [0.05, 0.1) is 5.69 Å². The lowest BCUT2D eigenvalue weighted by Gasteiger charge is -2.02. The minimum atomic E-state index is 0.837. The van der Waals surface area contributed by atoms with Gasteiger partial charge in [0, 0.05) is 12.7 Å². The van der Waals surface area contributed by atoms with E-state index in [0.717, 1.165) is 24.6 Å². The molecule has 0 spiro atoms. The van der Waals surface area contributed by atoms with E-state index in [1.807, 2.05) is 4.68 Å². The molecule has 3 heteroatoms. The van der Waals surface area contributed by atoms with Crippen molar-refractivity contribution in [3.8, 4) is 0 Å². The fraction of sp³-hybridized carbons (Fsp3) is 0.867. The van der Waals surface area contributed by atoms with E-state index in [0.29, 0.717) is 0 Å². The van der Waals surface area contributed by atoms with Gasteiger partial charge in [-0.3, -0.25) is 4.68 Å².